The first kappa shape index (κ1) is 18.2. The van der Waals surface area contributed by atoms with Gasteiger partial charge >= 0.3 is 0 Å². The molecule has 0 spiro atoms. The van der Waals surface area contributed by atoms with E-state index in [1.165, 1.54) is 6.42 Å². The summed E-state index contributed by atoms with van der Waals surface area (Å²) in [5.74, 6) is 1.17. The Morgan fingerprint density at radius 1 is 1.33 bits per heavy atom. The van der Waals surface area contributed by atoms with Gasteiger partial charge in [0.15, 0.2) is 0 Å². The van der Waals surface area contributed by atoms with Crippen LogP contribution in [0.25, 0.3) is 0 Å². The minimum atomic E-state index is -0.0555. The maximum atomic E-state index is 12.4. The summed E-state index contributed by atoms with van der Waals surface area (Å²) in [6.45, 7) is 1.97. The Morgan fingerprint density at radius 2 is 2.05 bits per heavy atom. The second-order valence-electron chi connectivity index (χ2n) is 5.92. The number of pyridine rings is 1. The van der Waals surface area contributed by atoms with Crippen LogP contribution in [-0.4, -0.2) is 16.9 Å². The molecular formula is C15H23Cl2N3O. The van der Waals surface area contributed by atoms with Crippen molar-refractivity contribution in [1.29, 1.82) is 0 Å². The zero-order valence-electron chi connectivity index (χ0n) is 12.1. The van der Waals surface area contributed by atoms with E-state index >= 15 is 0 Å². The highest BCUT2D eigenvalue weighted by Gasteiger charge is 2.49. The number of carbonyl (C=O) groups excluding carboxylic acids is 1. The Balaban J connectivity index is 0.00000110. The molecule has 21 heavy (non-hydrogen) atoms. The highest BCUT2D eigenvalue weighted by molar-refractivity contribution is 5.85. The third kappa shape index (κ3) is 3.50. The van der Waals surface area contributed by atoms with Crippen molar-refractivity contribution in [3.05, 3.63) is 30.1 Å². The number of amides is 1. The second-order valence-corrected chi connectivity index (χ2v) is 5.92. The van der Waals surface area contributed by atoms with Crippen LogP contribution in [0.15, 0.2) is 24.4 Å². The standard InChI is InChI=1S/C15H21N3O.2ClH/c1-9(12-4-2-3-7-17-12)18-15(19)13-10-5-6-11(8-10)14(13)16;;/h2-4,7,9-11,13-14H,5-6,8,16H2,1H3,(H,18,19);2*1H. The lowest BCUT2D eigenvalue weighted by Gasteiger charge is -2.28. The Bertz CT molecular complexity index is 469. The van der Waals surface area contributed by atoms with Crippen molar-refractivity contribution in [2.24, 2.45) is 23.5 Å². The van der Waals surface area contributed by atoms with Gasteiger partial charge in [0.25, 0.3) is 0 Å². The van der Waals surface area contributed by atoms with Crippen LogP contribution in [0.1, 0.15) is 37.9 Å². The Morgan fingerprint density at radius 3 is 2.62 bits per heavy atom. The summed E-state index contributed by atoms with van der Waals surface area (Å²) in [6.07, 6.45) is 5.25. The van der Waals surface area contributed by atoms with Crippen LogP contribution in [0.4, 0.5) is 0 Å². The SMILES string of the molecule is CC(NC(=O)C1C2CCC(C2)C1N)c1ccccn1.Cl.Cl. The second kappa shape index (κ2) is 7.43. The van der Waals surface area contributed by atoms with Gasteiger partial charge in [0.2, 0.25) is 5.91 Å². The highest BCUT2D eigenvalue weighted by Crippen LogP contribution is 2.47. The van der Waals surface area contributed by atoms with Gasteiger partial charge in [0, 0.05) is 12.2 Å². The highest BCUT2D eigenvalue weighted by atomic mass is 35.5. The summed E-state index contributed by atoms with van der Waals surface area (Å²) in [5, 5.41) is 3.07. The lowest BCUT2D eigenvalue weighted by atomic mass is 9.84. The third-order valence-electron chi connectivity index (χ3n) is 4.77. The van der Waals surface area contributed by atoms with Gasteiger partial charge in [-0.1, -0.05) is 6.07 Å². The maximum absolute atomic E-state index is 12.4. The molecule has 0 aromatic carbocycles. The van der Waals surface area contributed by atoms with Crippen molar-refractivity contribution in [1.82, 2.24) is 10.3 Å². The fourth-order valence-electron chi connectivity index (χ4n) is 3.74. The van der Waals surface area contributed by atoms with Gasteiger partial charge in [0.05, 0.1) is 17.7 Å². The lowest BCUT2D eigenvalue weighted by molar-refractivity contribution is -0.127. The number of nitrogens with zero attached hydrogens (tertiary/aromatic N) is 1. The Hall–Kier alpha value is -0.840. The van der Waals surface area contributed by atoms with Crippen LogP contribution in [-0.2, 0) is 4.79 Å². The van der Waals surface area contributed by atoms with Gasteiger partial charge in [0.1, 0.15) is 0 Å². The average Bonchev–Trinajstić information content (AvgIpc) is 3.00. The quantitative estimate of drug-likeness (QED) is 0.893. The molecule has 1 aromatic rings. The van der Waals surface area contributed by atoms with Crippen molar-refractivity contribution in [3.8, 4) is 0 Å². The van der Waals surface area contributed by atoms with E-state index in [1.54, 1.807) is 6.20 Å². The topological polar surface area (TPSA) is 68.0 Å². The van der Waals surface area contributed by atoms with Crippen molar-refractivity contribution in [3.63, 3.8) is 0 Å². The molecule has 2 aliphatic carbocycles. The molecule has 2 bridgehead atoms. The van der Waals surface area contributed by atoms with E-state index in [-0.39, 0.29) is 48.7 Å². The van der Waals surface area contributed by atoms with Crippen LogP contribution in [0.5, 0.6) is 0 Å². The normalized spacial score (nSPS) is 31.0. The minimum Gasteiger partial charge on any atom is -0.348 e. The lowest BCUT2D eigenvalue weighted by Crippen LogP contribution is -2.45. The molecule has 2 aliphatic rings. The number of nitrogens with one attached hydrogen (secondary N) is 1. The average molecular weight is 332 g/mol. The number of rotatable bonds is 3. The predicted octanol–water partition coefficient (Wildman–Crippen LogP) is 2.48. The van der Waals surface area contributed by atoms with Gasteiger partial charge in [-0.2, -0.15) is 0 Å². The first-order chi connectivity index (χ1) is 9.16. The fourth-order valence-corrected chi connectivity index (χ4v) is 3.74. The zero-order chi connectivity index (χ0) is 13.4. The van der Waals surface area contributed by atoms with E-state index in [1.807, 2.05) is 25.1 Å². The first-order valence-electron chi connectivity index (χ1n) is 7.13. The molecule has 2 saturated carbocycles. The summed E-state index contributed by atoms with van der Waals surface area (Å²) in [4.78, 5) is 16.7. The molecule has 1 aromatic heterocycles. The van der Waals surface area contributed by atoms with E-state index in [0.717, 1.165) is 18.5 Å². The summed E-state index contributed by atoms with van der Waals surface area (Å²) in [6, 6.07) is 5.75. The molecule has 5 unspecified atom stereocenters. The molecule has 0 radical (unpaired) electrons. The molecular weight excluding hydrogens is 309 g/mol. The molecule has 3 N–H and O–H groups in total. The monoisotopic (exact) mass is 331 g/mol. The molecule has 3 rings (SSSR count). The Kier molecular flexibility index (Phi) is 6.44. The first-order valence-corrected chi connectivity index (χ1v) is 7.13. The van der Waals surface area contributed by atoms with Gasteiger partial charge in [-0.15, -0.1) is 24.8 Å². The van der Waals surface area contributed by atoms with Crippen LogP contribution in [0.2, 0.25) is 0 Å². The van der Waals surface area contributed by atoms with E-state index in [2.05, 4.69) is 10.3 Å². The van der Waals surface area contributed by atoms with E-state index in [0.29, 0.717) is 11.8 Å². The Labute approximate surface area is 138 Å². The largest absolute Gasteiger partial charge is 0.348 e. The van der Waals surface area contributed by atoms with Gasteiger partial charge in [-0.05, 0) is 50.2 Å². The van der Waals surface area contributed by atoms with E-state index < -0.39 is 0 Å². The van der Waals surface area contributed by atoms with Crippen LogP contribution in [0.3, 0.4) is 0 Å². The van der Waals surface area contributed by atoms with Crippen molar-refractivity contribution < 1.29 is 4.79 Å². The van der Waals surface area contributed by atoms with Gasteiger partial charge in [-0.25, -0.2) is 0 Å². The molecule has 118 valence electrons. The van der Waals surface area contributed by atoms with Gasteiger partial charge in [-0.3, -0.25) is 9.78 Å². The number of nitrogens with two attached hydrogens (primary N) is 1. The van der Waals surface area contributed by atoms with Crippen molar-refractivity contribution >= 4 is 30.7 Å². The van der Waals surface area contributed by atoms with E-state index in [4.69, 9.17) is 5.73 Å². The molecule has 1 heterocycles. The third-order valence-corrected chi connectivity index (χ3v) is 4.77. The number of aromatic nitrogens is 1. The number of halogens is 2. The van der Waals surface area contributed by atoms with Crippen LogP contribution >= 0.6 is 24.8 Å². The maximum Gasteiger partial charge on any atom is 0.225 e. The molecule has 4 nitrogen and oxygen atoms in total. The van der Waals surface area contributed by atoms with Gasteiger partial charge < -0.3 is 11.1 Å². The molecule has 1 amide bonds. The minimum absolute atomic E-state index is 0. The summed E-state index contributed by atoms with van der Waals surface area (Å²) in [7, 11) is 0. The zero-order valence-corrected chi connectivity index (χ0v) is 13.7. The van der Waals surface area contributed by atoms with Crippen molar-refractivity contribution in [2.75, 3.05) is 0 Å². The number of carbonyl (C=O) groups is 1. The van der Waals surface area contributed by atoms with E-state index in [9.17, 15) is 4.79 Å². The number of fused-ring (bicyclic) bond motifs is 2. The number of hydrogen-bond acceptors (Lipinski definition) is 3. The summed E-state index contributed by atoms with van der Waals surface area (Å²) >= 11 is 0. The molecule has 6 heteroatoms. The number of hydrogen-bond donors (Lipinski definition) is 2. The molecule has 5 atom stereocenters. The molecule has 2 fully saturated rings. The fraction of sp³-hybridized carbons (Fsp3) is 0.600. The van der Waals surface area contributed by atoms with Crippen LogP contribution < -0.4 is 11.1 Å². The van der Waals surface area contributed by atoms with Crippen LogP contribution in [0, 0.1) is 17.8 Å². The summed E-state index contributed by atoms with van der Waals surface area (Å²) in [5.41, 5.74) is 7.10. The smallest absolute Gasteiger partial charge is 0.225 e. The molecule has 0 aliphatic heterocycles. The van der Waals surface area contributed by atoms with Crippen molar-refractivity contribution in [2.45, 2.75) is 38.3 Å². The predicted molar refractivity (Wildman–Crippen MR) is 87.6 cm³/mol. The molecule has 0 saturated heterocycles. The summed E-state index contributed by atoms with van der Waals surface area (Å²) < 4.78 is 0.